The first-order chi connectivity index (χ1) is 15.6. The van der Waals surface area contributed by atoms with Crippen molar-refractivity contribution in [1.29, 1.82) is 0 Å². The van der Waals surface area contributed by atoms with Crippen molar-refractivity contribution in [2.75, 3.05) is 37.4 Å². The summed E-state index contributed by atoms with van der Waals surface area (Å²) in [4.78, 5) is 26.8. The fourth-order valence-electron chi connectivity index (χ4n) is 3.38. The molecule has 0 bridgehead atoms. The number of anilines is 1. The summed E-state index contributed by atoms with van der Waals surface area (Å²) in [5.74, 6) is -0.595. The number of nitrogens with one attached hydrogen (secondary N) is 1. The second-order valence-electron chi connectivity index (χ2n) is 7.54. The summed E-state index contributed by atoms with van der Waals surface area (Å²) in [6, 6.07) is 9.21. The lowest BCUT2D eigenvalue weighted by molar-refractivity contribution is -0.139. The third kappa shape index (κ3) is 5.92. The van der Waals surface area contributed by atoms with Gasteiger partial charge in [-0.15, -0.1) is 0 Å². The fourth-order valence-corrected chi connectivity index (χ4v) is 4.22. The highest BCUT2D eigenvalue weighted by Crippen LogP contribution is 2.34. The Labute approximate surface area is 192 Å². The quantitative estimate of drug-likeness (QED) is 0.616. The molecular formula is C22H26FN3O6S. The van der Waals surface area contributed by atoms with Gasteiger partial charge in [0.2, 0.25) is 21.8 Å². The van der Waals surface area contributed by atoms with Gasteiger partial charge in [0.05, 0.1) is 11.9 Å². The smallest absolute Gasteiger partial charge is 0.244 e. The number of rotatable bonds is 8. The van der Waals surface area contributed by atoms with Crippen molar-refractivity contribution in [2.24, 2.45) is 0 Å². The lowest BCUT2D eigenvalue weighted by Gasteiger charge is -2.31. The molecule has 0 fully saturated rings. The van der Waals surface area contributed by atoms with E-state index >= 15 is 0 Å². The summed E-state index contributed by atoms with van der Waals surface area (Å²) >= 11 is 0. The number of fused-ring (bicyclic) bond motifs is 1. The largest absolute Gasteiger partial charge is 0.486 e. The van der Waals surface area contributed by atoms with E-state index in [-0.39, 0.29) is 12.2 Å². The minimum Gasteiger partial charge on any atom is -0.486 e. The summed E-state index contributed by atoms with van der Waals surface area (Å²) < 4.78 is 50.4. The molecule has 0 radical (unpaired) electrons. The maximum Gasteiger partial charge on any atom is 0.244 e. The highest BCUT2D eigenvalue weighted by molar-refractivity contribution is 7.92. The fraction of sp³-hybridized carbons (Fsp3) is 0.364. The van der Waals surface area contributed by atoms with Crippen LogP contribution in [0, 0.1) is 5.82 Å². The normalized spacial score (nSPS) is 13.7. The van der Waals surface area contributed by atoms with Crippen LogP contribution in [0.5, 0.6) is 11.5 Å². The molecule has 2 aromatic rings. The zero-order valence-electron chi connectivity index (χ0n) is 18.6. The number of carbonyl (C=O) groups excluding carboxylic acids is 2. The standard InChI is InChI=1S/C22H26FN3O6S/c1-15(22(28)24-2)25(13-16-4-6-17(23)7-5-16)21(27)14-26(33(3,29)30)18-8-9-19-20(12-18)32-11-10-31-19/h4-9,12,15H,10-11,13-14H2,1-3H3,(H,24,28)/t15-/m1/s1. The number of hydrogen-bond donors (Lipinski definition) is 1. The highest BCUT2D eigenvalue weighted by atomic mass is 32.2. The number of benzene rings is 2. The van der Waals surface area contributed by atoms with Gasteiger partial charge < -0.3 is 19.7 Å². The molecule has 11 heteroatoms. The van der Waals surface area contributed by atoms with Gasteiger partial charge >= 0.3 is 0 Å². The van der Waals surface area contributed by atoms with E-state index in [0.717, 1.165) is 10.6 Å². The monoisotopic (exact) mass is 479 g/mol. The van der Waals surface area contributed by atoms with Gasteiger partial charge in [0.1, 0.15) is 31.6 Å². The molecule has 0 saturated carbocycles. The van der Waals surface area contributed by atoms with E-state index in [1.165, 1.54) is 55.3 Å². The number of ether oxygens (including phenoxy) is 2. The summed E-state index contributed by atoms with van der Waals surface area (Å²) in [7, 11) is -2.42. The van der Waals surface area contributed by atoms with Crippen molar-refractivity contribution in [3.8, 4) is 11.5 Å². The van der Waals surface area contributed by atoms with E-state index in [0.29, 0.717) is 30.3 Å². The van der Waals surface area contributed by atoms with Gasteiger partial charge in [0.25, 0.3) is 0 Å². The van der Waals surface area contributed by atoms with Crippen LogP contribution in [0.15, 0.2) is 42.5 Å². The Hall–Kier alpha value is -3.34. The Morgan fingerprint density at radius 3 is 2.33 bits per heavy atom. The molecule has 0 unspecified atom stereocenters. The van der Waals surface area contributed by atoms with E-state index in [2.05, 4.69) is 5.32 Å². The van der Waals surface area contributed by atoms with Crippen LogP contribution in [0.2, 0.25) is 0 Å². The molecule has 0 saturated heterocycles. The molecular weight excluding hydrogens is 453 g/mol. The van der Waals surface area contributed by atoms with E-state index < -0.39 is 40.2 Å². The number of likely N-dealkylation sites (N-methyl/N-ethyl adjacent to an activating group) is 1. The maximum atomic E-state index is 13.3. The lowest BCUT2D eigenvalue weighted by Crippen LogP contribution is -2.50. The van der Waals surface area contributed by atoms with Crippen molar-refractivity contribution in [3.63, 3.8) is 0 Å². The van der Waals surface area contributed by atoms with Crippen LogP contribution in [0.25, 0.3) is 0 Å². The van der Waals surface area contributed by atoms with Crippen molar-refractivity contribution in [2.45, 2.75) is 19.5 Å². The maximum absolute atomic E-state index is 13.3. The van der Waals surface area contributed by atoms with E-state index in [1.807, 2.05) is 0 Å². The Morgan fingerprint density at radius 1 is 1.09 bits per heavy atom. The van der Waals surface area contributed by atoms with Gasteiger partial charge in [-0.2, -0.15) is 0 Å². The number of amides is 2. The van der Waals surface area contributed by atoms with Crippen molar-refractivity contribution in [1.82, 2.24) is 10.2 Å². The lowest BCUT2D eigenvalue weighted by atomic mass is 10.1. The van der Waals surface area contributed by atoms with Crippen molar-refractivity contribution in [3.05, 3.63) is 53.8 Å². The van der Waals surface area contributed by atoms with Gasteiger partial charge in [0, 0.05) is 19.7 Å². The molecule has 1 aliphatic rings. The molecule has 1 heterocycles. The van der Waals surface area contributed by atoms with Crippen molar-refractivity contribution < 1.29 is 31.9 Å². The Balaban J connectivity index is 1.91. The van der Waals surface area contributed by atoms with Gasteiger partial charge in [-0.1, -0.05) is 12.1 Å². The predicted molar refractivity (Wildman–Crippen MR) is 120 cm³/mol. The molecule has 9 nitrogen and oxygen atoms in total. The van der Waals surface area contributed by atoms with Crippen LogP contribution in [0.1, 0.15) is 12.5 Å². The molecule has 0 aliphatic carbocycles. The average molecular weight is 480 g/mol. The first-order valence-electron chi connectivity index (χ1n) is 10.2. The second kappa shape index (κ2) is 10.1. The van der Waals surface area contributed by atoms with Gasteiger partial charge in [0.15, 0.2) is 11.5 Å². The zero-order chi connectivity index (χ0) is 24.2. The number of nitrogens with zero attached hydrogens (tertiary/aromatic N) is 2. The van der Waals surface area contributed by atoms with Crippen molar-refractivity contribution >= 4 is 27.5 Å². The van der Waals surface area contributed by atoms with Crippen LogP contribution in [-0.2, 0) is 26.2 Å². The summed E-state index contributed by atoms with van der Waals surface area (Å²) in [6.45, 7) is 1.70. The van der Waals surface area contributed by atoms with Gasteiger partial charge in [-0.25, -0.2) is 12.8 Å². The zero-order valence-corrected chi connectivity index (χ0v) is 19.4. The minimum absolute atomic E-state index is 0.00750. The van der Waals surface area contributed by atoms with Crippen LogP contribution in [0.4, 0.5) is 10.1 Å². The average Bonchev–Trinajstić information content (AvgIpc) is 2.80. The molecule has 33 heavy (non-hydrogen) atoms. The van der Waals surface area contributed by atoms with Gasteiger partial charge in [-0.3, -0.25) is 13.9 Å². The number of sulfonamides is 1. The molecule has 2 aromatic carbocycles. The second-order valence-corrected chi connectivity index (χ2v) is 9.44. The van der Waals surface area contributed by atoms with Crippen LogP contribution < -0.4 is 19.1 Å². The predicted octanol–water partition coefficient (Wildman–Crippen LogP) is 1.53. The molecule has 3 rings (SSSR count). The molecule has 1 N–H and O–H groups in total. The van der Waals surface area contributed by atoms with E-state index in [4.69, 9.17) is 9.47 Å². The molecule has 0 aromatic heterocycles. The third-order valence-electron chi connectivity index (χ3n) is 5.17. The third-order valence-corrected chi connectivity index (χ3v) is 6.31. The highest BCUT2D eigenvalue weighted by Gasteiger charge is 2.30. The first-order valence-corrected chi connectivity index (χ1v) is 12.1. The van der Waals surface area contributed by atoms with E-state index in [1.54, 1.807) is 6.07 Å². The summed E-state index contributed by atoms with van der Waals surface area (Å²) in [6.07, 6.45) is 0.990. The SMILES string of the molecule is CNC(=O)[C@@H](C)N(Cc1ccc(F)cc1)C(=O)CN(c1ccc2c(c1)OCCO2)S(C)(=O)=O. The molecule has 1 atom stereocenters. The molecule has 178 valence electrons. The first kappa shape index (κ1) is 24.3. The topological polar surface area (TPSA) is 105 Å². The van der Waals surface area contributed by atoms with Crippen LogP contribution in [0.3, 0.4) is 0 Å². The summed E-state index contributed by atoms with van der Waals surface area (Å²) in [5.41, 5.74) is 0.815. The Morgan fingerprint density at radius 2 is 1.73 bits per heavy atom. The molecule has 0 spiro atoms. The van der Waals surface area contributed by atoms with Crippen LogP contribution in [-0.4, -0.2) is 64.2 Å². The summed E-state index contributed by atoms with van der Waals surface area (Å²) in [5, 5.41) is 2.49. The van der Waals surface area contributed by atoms with Crippen LogP contribution >= 0.6 is 0 Å². The van der Waals surface area contributed by atoms with Gasteiger partial charge in [-0.05, 0) is 36.8 Å². The van der Waals surface area contributed by atoms with E-state index in [9.17, 15) is 22.4 Å². The number of halogens is 1. The Kier molecular flexibility index (Phi) is 7.42. The number of carbonyl (C=O) groups is 2. The Bertz CT molecular complexity index is 1120. The number of hydrogen-bond acceptors (Lipinski definition) is 6. The molecule has 2 amide bonds. The molecule has 1 aliphatic heterocycles. The minimum atomic E-state index is -3.86.